The lowest BCUT2D eigenvalue weighted by Crippen LogP contribution is -2.38. The molecule has 4 nitrogen and oxygen atoms in total. The summed E-state index contributed by atoms with van der Waals surface area (Å²) in [5.41, 5.74) is 1.78. The van der Waals surface area contributed by atoms with E-state index in [9.17, 15) is 9.59 Å². The van der Waals surface area contributed by atoms with Gasteiger partial charge in [0.25, 0.3) is 5.91 Å². The zero-order chi connectivity index (χ0) is 18.5. The molecule has 2 aromatic carbocycles. The highest BCUT2D eigenvalue weighted by Gasteiger charge is 2.20. The summed E-state index contributed by atoms with van der Waals surface area (Å²) in [4.78, 5) is 27.7. The average Bonchev–Trinajstić information content (AvgIpc) is 3.07. The summed E-state index contributed by atoms with van der Waals surface area (Å²) in [5.74, 6) is -0.268. The van der Waals surface area contributed by atoms with Gasteiger partial charge < -0.3 is 10.2 Å². The highest BCUT2D eigenvalue weighted by Crippen LogP contribution is 2.26. The van der Waals surface area contributed by atoms with E-state index in [0.717, 1.165) is 27.8 Å². The molecule has 1 N–H and O–H groups in total. The van der Waals surface area contributed by atoms with Crippen LogP contribution in [0.4, 0.5) is 5.69 Å². The molecule has 0 aliphatic heterocycles. The molecule has 0 aliphatic carbocycles. The number of nitrogens with one attached hydrogen (secondary N) is 1. The van der Waals surface area contributed by atoms with Gasteiger partial charge in [-0.1, -0.05) is 43.3 Å². The van der Waals surface area contributed by atoms with Gasteiger partial charge in [-0.25, -0.2) is 0 Å². The molecule has 134 valence electrons. The molecular formula is C21H22N2O2S. The standard InChI is InChI=1S/C21H22N2O2S/c1-3-12-23(14-20(24)22-17-10-6-4-8-15(17)2)21(25)19-13-16-9-5-7-11-18(16)26-19/h4-11,13H,3,12,14H2,1-2H3,(H,22,24). The topological polar surface area (TPSA) is 49.4 Å². The Morgan fingerprint density at radius 3 is 2.54 bits per heavy atom. The Hall–Kier alpha value is -2.66. The van der Waals surface area contributed by atoms with E-state index in [1.54, 1.807) is 4.90 Å². The van der Waals surface area contributed by atoms with Crippen molar-refractivity contribution in [3.63, 3.8) is 0 Å². The van der Waals surface area contributed by atoms with Gasteiger partial charge in [-0.05, 0) is 42.5 Å². The maximum Gasteiger partial charge on any atom is 0.264 e. The number of anilines is 1. The number of aryl methyl sites for hydroxylation is 1. The van der Waals surface area contributed by atoms with E-state index in [0.29, 0.717) is 11.4 Å². The minimum atomic E-state index is -0.179. The number of para-hydroxylation sites is 1. The van der Waals surface area contributed by atoms with E-state index in [-0.39, 0.29) is 18.4 Å². The molecule has 0 aliphatic rings. The number of carbonyl (C=O) groups excluding carboxylic acids is 2. The van der Waals surface area contributed by atoms with E-state index in [2.05, 4.69) is 5.32 Å². The monoisotopic (exact) mass is 366 g/mol. The number of hydrogen-bond donors (Lipinski definition) is 1. The van der Waals surface area contributed by atoms with Crippen LogP contribution in [0.3, 0.4) is 0 Å². The highest BCUT2D eigenvalue weighted by atomic mass is 32.1. The van der Waals surface area contributed by atoms with Crippen LogP contribution in [0.5, 0.6) is 0 Å². The quantitative estimate of drug-likeness (QED) is 0.687. The second kappa shape index (κ2) is 8.15. The van der Waals surface area contributed by atoms with Crippen LogP contribution in [0.2, 0.25) is 0 Å². The Bertz CT molecular complexity index is 899. The summed E-state index contributed by atoms with van der Waals surface area (Å²) in [6.07, 6.45) is 0.800. The predicted molar refractivity (Wildman–Crippen MR) is 108 cm³/mol. The number of rotatable bonds is 6. The van der Waals surface area contributed by atoms with Crippen LogP contribution >= 0.6 is 11.3 Å². The smallest absolute Gasteiger partial charge is 0.264 e. The molecule has 1 aromatic heterocycles. The Kier molecular flexibility index (Phi) is 5.68. The fourth-order valence-electron chi connectivity index (χ4n) is 2.84. The van der Waals surface area contributed by atoms with Crippen LogP contribution in [0.15, 0.2) is 54.6 Å². The summed E-state index contributed by atoms with van der Waals surface area (Å²) < 4.78 is 1.08. The van der Waals surface area contributed by atoms with Gasteiger partial charge in [-0.2, -0.15) is 0 Å². The van der Waals surface area contributed by atoms with E-state index in [1.165, 1.54) is 11.3 Å². The van der Waals surface area contributed by atoms with E-state index >= 15 is 0 Å². The van der Waals surface area contributed by atoms with Crippen LogP contribution in [0.1, 0.15) is 28.6 Å². The fraction of sp³-hybridized carbons (Fsp3) is 0.238. The SMILES string of the molecule is CCCN(CC(=O)Nc1ccccc1C)C(=O)c1cc2ccccc2s1. The summed E-state index contributed by atoms with van der Waals surface area (Å²) in [5, 5.41) is 3.96. The number of benzene rings is 2. The van der Waals surface area contributed by atoms with Crippen molar-refractivity contribution < 1.29 is 9.59 Å². The third kappa shape index (κ3) is 4.11. The van der Waals surface area contributed by atoms with Crippen molar-refractivity contribution in [2.45, 2.75) is 20.3 Å². The summed E-state index contributed by atoms with van der Waals surface area (Å²) >= 11 is 1.47. The van der Waals surface area contributed by atoms with Gasteiger partial charge in [0.1, 0.15) is 6.54 Å². The molecule has 0 radical (unpaired) electrons. The van der Waals surface area contributed by atoms with Gasteiger partial charge in [-0.3, -0.25) is 9.59 Å². The molecular weight excluding hydrogens is 344 g/mol. The lowest BCUT2D eigenvalue weighted by Gasteiger charge is -2.21. The van der Waals surface area contributed by atoms with Gasteiger partial charge in [-0.15, -0.1) is 11.3 Å². The molecule has 0 spiro atoms. The highest BCUT2D eigenvalue weighted by molar-refractivity contribution is 7.20. The lowest BCUT2D eigenvalue weighted by molar-refractivity contribution is -0.116. The first kappa shape index (κ1) is 18.1. The Labute approximate surface area is 157 Å². The second-order valence-corrected chi connectivity index (χ2v) is 7.32. The Morgan fingerprint density at radius 2 is 1.81 bits per heavy atom. The van der Waals surface area contributed by atoms with Crippen molar-refractivity contribution in [1.82, 2.24) is 4.90 Å². The fourth-order valence-corrected chi connectivity index (χ4v) is 3.87. The second-order valence-electron chi connectivity index (χ2n) is 6.24. The maximum atomic E-state index is 12.9. The summed E-state index contributed by atoms with van der Waals surface area (Å²) in [6, 6.07) is 17.5. The molecule has 3 aromatic rings. The lowest BCUT2D eigenvalue weighted by atomic mass is 10.2. The largest absolute Gasteiger partial charge is 0.329 e. The van der Waals surface area contributed by atoms with Crippen LogP contribution in [0, 0.1) is 6.92 Å². The molecule has 0 fully saturated rings. The van der Waals surface area contributed by atoms with Crippen LogP contribution in [-0.2, 0) is 4.79 Å². The third-order valence-electron chi connectivity index (χ3n) is 4.17. The first-order valence-electron chi connectivity index (χ1n) is 8.72. The zero-order valence-electron chi connectivity index (χ0n) is 15.0. The molecule has 0 atom stereocenters. The molecule has 26 heavy (non-hydrogen) atoms. The van der Waals surface area contributed by atoms with Crippen LogP contribution in [-0.4, -0.2) is 29.8 Å². The van der Waals surface area contributed by atoms with Gasteiger partial charge in [0, 0.05) is 16.9 Å². The van der Waals surface area contributed by atoms with Crippen LogP contribution in [0.25, 0.3) is 10.1 Å². The van der Waals surface area contributed by atoms with Crippen molar-refractivity contribution in [2.75, 3.05) is 18.4 Å². The van der Waals surface area contributed by atoms with Crippen molar-refractivity contribution >= 4 is 38.9 Å². The number of nitrogens with zero attached hydrogens (tertiary/aromatic N) is 1. The van der Waals surface area contributed by atoms with E-state index in [1.807, 2.05) is 68.4 Å². The normalized spacial score (nSPS) is 10.7. The van der Waals surface area contributed by atoms with Crippen molar-refractivity contribution in [2.24, 2.45) is 0 Å². The van der Waals surface area contributed by atoms with Gasteiger partial charge in [0.15, 0.2) is 0 Å². The molecule has 2 amide bonds. The number of carbonyl (C=O) groups is 2. The number of amides is 2. The van der Waals surface area contributed by atoms with Crippen molar-refractivity contribution in [1.29, 1.82) is 0 Å². The average molecular weight is 366 g/mol. The number of thiophene rings is 1. The molecule has 3 rings (SSSR count). The molecule has 5 heteroatoms. The maximum absolute atomic E-state index is 12.9. The predicted octanol–water partition coefficient (Wildman–Crippen LogP) is 4.70. The molecule has 1 heterocycles. The Morgan fingerprint density at radius 1 is 1.08 bits per heavy atom. The zero-order valence-corrected chi connectivity index (χ0v) is 15.8. The summed E-state index contributed by atoms with van der Waals surface area (Å²) in [6.45, 7) is 4.55. The van der Waals surface area contributed by atoms with Gasteiger partial charge in [0.05, 0.1) is 4.88 Å². The van der Waals surface area contributed by atoms with Crippen LogP contribution < -0.4 is 5.32 Å². The first-order valence-corrected chi connectivity index (χ1v) is 9.53. The third-order valence-corrected chi connectivity index (χ3v) is 5.27. The minimum absolute atomic E-state index is 0.0508. The van der Waals surface area contributed by atoms with E-state index in [4.69, 9.17) is 0 Å². The van der Waals surface area contributed by atoms with Crippen molar-refractivity contribution in [3.8, 4) is 0 Å². The molecule has 0 saturated heterocycles. The van der Waals surface area contributed by atoms with E-state index < -0.39 is 0 Å². The minimum Gasteiger partial charge on any atom is -0.329 e. The molecule has 0 bridgehead atoms. The van der Waals surface area contributed by atoms with Crippen molar-refractivity contribution in [3.05, 3.63) is 65.0 Å². The van der Waals surface area contributed by atoms with Gasteiger partial charge in [0.2, 0.25) is 5.91 Å². The Balaban J connectivity index is 1.74. The summed E-state index contributed by atoms with van der Waals surface area (Å²) in [7, 11) is 0. The molecule has 0 unspecified atom stereocenters. The van der Waals surface area contributed by atoms with Gasteiger partial charge >= 0.3 is 0 Å². The number of fused-ring (bicyclic) bond motifs is 1. The number of hydrogen-bond acceptors (Lipinski definition) is 3. The first-order chi connectivity index (χ1) is 12.6. The molecule has 0 saturated carbocycles.